The van der Waals surface area contributed by atoms with Gasteiger partial charge in [-0.1, -0.05) is 31.2 Å². The Kier molecular flexibility index (Phi) is 8.98. The molecule has 3 heterocycles. The van der Waals surface area contributed by atoms with Gasteiger partial charge in [-0.05, 0) is 48.5 Å². The maximum Gasteiger partial charge on any atom is 0.253 e. The molecule has 3 aromatic carbocycles. The van der Waals surface area contributed by atoms with E-state index < -0.39 is 17.7 Å². The van der Waals surface area contributed by atoms with Crippen molar-refractivity contribution in [1.29, 1.82) is 0 Å². The van der Waals surface area contributed by atoms with E-state index in [1.54, 1.807) is 60.6 Å². The van der Waals surface area contributed by atoms with Gasteiger partial charge in [-0.3, -0.25) is 14.6 Å². The van der Waals surface area contributed by atoms with Crippen LogP contribution in [0.2, 0.25) is 5.02 Å². The zero-order valence-electron chi connectivity index (χ0n) is 23.0. The van der Waals surface area contributed by atoms with Crippen molar-refractivity contribution >= 4 is 40.8 Å². The van der Waals surface area contributed by atoms with Crippen LogP contribution in [0.5, 0.6) is 0 Å². The molecule has 44 heavy (non-hydrogen) atoms. The van der Waals surface area contributed by atoms with Crippen molar-refractivity contribution in [2.75, 3.05) is 32.0 Å². The fourth-order valence-electron chi connectivity index (χ4n) is 5.21. The van der Waals surface area contributed by atoms with Gasteiger partial charge in [0.1, 0.15) is 17.7 Å². The molecule has 0 aliphatic carbocycles. The quantitative estimate of drug-likeness (QED) is 0.292. The zero-order valence-corrected chi connectivity index (χ0v) is 23.8. The summed E-state index contributed by atoms with van der Waals surface area (Å²) >= 11 is 6.30. The van der Waals surface area contributed by atoms with E-state index in [1.165, 1.54) is 18.2 Å². The van der Waals surface area contributed by atoms with Crippen LogP contribution < -0.4 is 16.0 Å². The number of nitrogens with zero attached hydrogens (tertiary/aromatic N) is 4. The van der Waals surface area contributed by atoms with Gasteiger partial charge < -0.3 is 20.9 Å². The minimum absolute atomic E-state index is 0. The number of piperazine rings is 1. The number of hydrogen-bond donors (Lipinski definition) is 3. The van der Waals surface area contributed by atoms with Crippen molar-refractivity contribution in [2.24, 2.45) is 4.99 Å². The van der Waals surface area contributed by atoms with Crippen molar-refractivity contribution in [3.05, 3.63) is 106 Å². The Hall–Kier alpha value is -4.74. The predicted octanol–water partition coefficient (Wildman–Crippen LogP) is 4.97. The van der Waals surface area contributed by atoms with Crippen LogP contribution in [0, 0.1) is 11.6 Å². The third kappa shape index (κ3) is 6.01. The molecule has 2 aliphatic rings. The summed E-state index contributed by atoms with van der Waals surface area (Å²) in [7, 11) is 1.57. The van der Waals surface area contributed by atoms with Crippen molar-refractivity contribution in [3.63, 3.8) is 0 Å². The molecule has 0 bridgehead atoms. The lowest BCUT2D eigenvalue weighted by Crippen LogP contribution is -2.57. The van der Waals surface area contributed by atoms with Crippen LogP contribution in [-0.2, 0) is 11.3 Å². The molecular weight excluding hydrogens is 588 g/mol. The lowest BCUT2D eigenvalue weighted by molar-refractivity contribution is -0.123. The Morgan fingerprint density at radius 1 is 1.05 bits per heavy atom. The number of amides is 2. The molecule has 6 rings (SSSR count). The Bertz CT molecular complexity index is 1740. The minimum Gasteiger partial charge on any atom is -0.358 e. The second kappa shape index (κ2) is 12.9. The lowest BCUT2D eigenvalue weighted by Gasteiger charge is -2.32. The lowest BCUT2D eigenvalue weighted by atomic mass is 9.95. The number of fused-ring (bicyclic) bond motifs is 3. The van der Waals surface area contributed by atoms with E-state index in [0.717, 1.165) is 0 Å². The molecule has 9 nitrogen and oxygen atoms in total. The van der Waals surface area contributed by atoms with E-state index in [0.29, 0.717) is 51.7 Å². The van der Waals surface area contributed by atoms with Crippen LogP contribution in [0.3, 0.4) is 0 Å². The molecule has 1 fully saturated rings. The first kappa shape index (κ1) is 30.7. The number of halogens is 3. The first-order valence-corrected chi connectivity index (χ1v) is 14.0. The minimum atomic E-state index is -0.728. The van der Waals surface area contributed by atoms with Crippen molar-refractivity contribution < 1.29 is 18.4 Å². The van der Waals surface area contributed by atoms with Crippen LogP contribution in [-0.4, -0.2) is 65.1 Å². The summed E-state index contributed by atoms with van der Waals surface area (Å²) in [6.07, 6.45) is 1.62. The average Bonchev–Trinajstić information content (AvgIpc) is 3.17. The second-order valence-electron chi connectivity index (χ2n) is 10.1. The summed E-state index contributed by atoms with van der Waals surface area (Å²) in [6.45, 7) is 1.41. The van der Waals surface area contributed by atoms with E-state index in [1.807, 2.05) is 0 Å². The number of carbonyl (C=O) groups excluding carboxylic acids is 2. The molecule has 1 saturated heterocycles. The highest BCUT2D eigenvalue weighted by Crippen LogP contribution is 2.34. The Morgan fingerprint density at radius 2 is 1.80 bits per heavy atom. The van der Waals surface area contributed by atoms with Gasteiger partial charge in [-0.2, -0.15) is 0 Å². The first-order valence-electron chi connectivity index (χ1n) is 13.6. The highest BCUT2D eigenvalue weighted by Gasteiger charge is 2.28. The average molecular weight is 618 g/mol. The Morgan fingerprint density at radius 3 is 2.52 bits per heavy atom. The second-order valence-corrected chi connectivity index (χ2v) is 10.5. The first-order chi connectivity index (χ1) is 20.8. The maximum atomic E-state index is 14.8. The molecule has 2 aliphatic heterocycles. The molecule has 12 heteroatoms. The topological polar surface area (TPSA) is 112 Å². The van der Waals surface area contributed by atoms with Crippen LogP contribution in [0.4, 0.5) is 20.4 Å². The van der Waals surface area contributed by atoms with E-state index in [9.17, 15) is 18.4 Å². The summed E-state index contributed by atoms with van der Waals surface area (Å²) in [5.74, 6) is -1.50. The highest BCUT2D eigenvalue weighted by atomic mass is 35.5. The van der Waals surface area contributed by atoms with Crippen LogP contribution >= 0.6 is 11.6 Å². The van der Waals surface area contributed by atoms with Gasteiger partial charge in [-0.25, -0.2) is 18.7 Å². The van der Waals surface area contributed by atoms with Gasteiger partial charge >= 0.3 is 0 Å². The summed E-state index contributed by atoms with van der Waals surface area (Å²) in [6, 6.07) is 15.2. The summed E-state index contributed by atoms with van der Waals surface area (Å²) in [4.78, 5) is 40.5. The Balaban J connectivity index is 0.00000384. The standard InChI is InChI=1S/C31H26ClF2N7O2.CH4/c1-35-29(42)25-16-41(12-11-36-25)30(43)17-5-8-20(9-6-17)39-31-38-15-18-14-37-28(26-23(33)3-2-4-24(26)34)22-13-19(32)7-10-21(22)27(18)40-31;/h2-10,13,15,25,36H,11-12,14,16H2,1H3,(H,35,42)(H,38,39,40);1H4. The summed E-state index contributed by atoms with van der Waals surface area (Å²) in [5, 5.41) is 9.27. The third-order valence-corrected chi connectivity index (χ3v) is 7.61. The number of rotatable bonds is 5. The number of likely N-dealkylation sites (N-methyl/N-ethyl adjacent to an activating group) is 1. The van der Waals surface area contributed by atoms with E-state index >= 15 is 0 Å². The number of aromatic nitrogens is 2. The monoisotopic (exact) mass is 617 g/mol. The fraction of sp³-hybridized carbons (Fsp3) is 0.219. The van der Waals surface area contributed by atoms with E-state index in [4.69, 9.17) is 16.6 Å². The fourth-order valence-corrected chi connectivity index (χ4v) is 5.39. The highest BCUT2D eigenvalue weighted by molar-refractivity contribution is 6.31. The molecular formula is C32H30ClF2N7O2. The van der Waals surface area contributed by atoms with Crippen LogP contribution in [0.25, 0.3) is 11.3 Å². The summed E-state index contributed by atoms with van der Waals surface area (Å²) < 4.78 is 29.6. The van der Waals surface area contributed by atoms with Gasteiger partial charge in [0.05, 0.1) is 23.5 Å². The molecule has 3 N–H and O–H groups in total. The smallest absolute Gasteiger partial charge is 0.253 e. The van der Waals surface area contributed by atoms with Gasteiger partial charge in [-0.15, -0.1) is 0 Å². The van der Waals surface area contributed by atoms with Gasteiger partial charge in [0.2, 0.25) is 11.9 Å². The number of aliphatic imine (C=N–C) groups is 1. The van der Waals surface area contributed by atoms with Crippen molar-refractivity contribution in [3.8, 4) is 11.3 Å². The van der Waals surface area contributed by atoms with E-state index in [-0.39, 0.29) is 49.6 Å². The number of hydrogen-bond acceptors (Lipinski definition) is 7. The van der Waals surface area contributed by atoms with Crippen LogP contribution in [0.15, 0.2) is 71.9 Å². The van der Waals surface area contributed by atoms with Crippen molar-refractivity contribution in [1.82, 2.24) is 25.5 Å². The largest absolute Gasteiger partial charge is 0.358 e. The number of benzene rings is 3. The Labute approximate surface area is 258 Å². The van der Waals surface area contributed by atoms with Gasteiger partial charge in [0.15, 0.2) is 0 Å². The molecule has 226 valence electrons. The molecule has 1 atom stereocenters. The van der Waals surface area contributed by atoms with E-state index in [2.05, 4.69) is 25.9 Å². The molecule has 4 aromatic rings. The van der Waals surface area contributed by atoms with Crippen molar-refractivity contribution in [2.45, 2.75) is 20.0 Å². The number of nitrogens with one attached hydrogen (secondary N) is 3. The molecule has 0 saturated carbocycles. The molecule has 1 unspecified atom stereocenters. The van der Waals surface area contributed by atoms with Gasteiger partial charge in [0, 0.05) is 65.8 Å². The molecule has 1 aromatic heterocycles. The normalized spacial score (nSPS) is 15.6. The van der Waals surface area contributed by atoms with Gasteiger partial charge in [0.25, 0.3) is 5.91 Å². The SMILES string of the molecule is C.CNC(=O)C1CN(C(=O)c2ccc(Nc3ncc4c(n3)-c3ccc(Cl)cc3C(c3c(F)cccc3F)=NC4)cc2)CCN1. The van der Waals surface area contributed by atoms with Crippen LogP contribution in [0.1, 0.15) is 34.5 Å². The third-order valence-electron chi connectivity index (χ3n) is 7.38. The zero-order chi connectivity index (χ0) is 30.1. The predicted molar refractivity (Wildman–Crippen MR) is 166 cm³/mol. The molecule has 0 radical (unpaired) electrons. The molecule has 2 amide bonds. The number of anilines is 2. The number of carbonyl (C=O) groups is 2. The molecule has 0 spiro atoms. The summed E-state index contributed by atoms with van der Waals surface area (Å²) in [5.41, 5.74) is 3.34. The maximum absolute atomic E-state index is 14.8.